The monoisotopic (exact) mass is 232 g/mol. The van der Waals surface area contributed by atoms with Gasteiger partial charge in [-0.1, -0.05) is 11.6 Å². The standard InChI is InChI=1S/C15H20O2/c1-11(2)8-9-17-13-7-6-12-4-3-5-15(16)14(12)10-13/h6-7,10,15-16H,1,3-5,8-9H2,2H3. The summed E-state index contributed by atoms with van der Waals surface area (Å²) in [5.41, 5.74) is 3.43. The minimum atomic E-state index is -0.316. The maximum atomic E-state index is 9.93. The second-order valence-corrected chi connectivity index (χ2v) is 4.82. The maximum Gasteiger partial charge on any atom is 0.119 e. The van der Waals surface area contributed by atoms with Gasteiger partial charge in [0.25, 0.3) is 0 Å². The van der Waals surface area contributed by atoms with Gasteiger partial charge in [-0.05, 0) is 49.4 Å². The van der Waals surface area contributed by atoms with Gasteiger partial charge >= 0.3 is 0 Å². The van der Waals surface area contributed by atoms with Crippen molar-refractivity contribution in [3.05, 3.63) is 41.5 Å². The third kappa shape index (κ3) is 3.10. The Hall–Kier alpha value is -1.28. The van der Waals surface area contributed by atoms with E-state index in [1.165, 1.54) is 5.56 Å². The van der Waals surface area contributed by atoms with E-state index in [0.717, 1.165) is 42.6 Å². The highest BCUT2D eigenvalue weighted by Crippen LogP contribution is 2.32. The molecular weight excluding hydrogens is 212 g/mol. The number of rotatable bonds is 4. The van der Waals surface area contributed by atoms with Crippen molar-refractivity contribution in [1.29, 1.82) is 0 Å². The van der Waals surface area contributed by atoms with Crippen molar-refractivity contribution in [2.24, 2.45) is 0 Å². The number of aliphatic hydroxyl groups is 1. The molecule has 2 nitrogen and oxygen atoms in total. The summed E-state index contributed by atoms with van der Waals surface area (Å²) in [5, 5.41) is 9.93. The molecule has 0 heterocycles. The van der Waals surface area contributed by atoms with E-state index >= 15 is 0 Å². The van der Waals surface area contributed by atoms with E-state index in [0.29, 0.717) is 6.61 Å². The van der Waals surface area contributed by atoms with Crippen molar-refractivity contribution in [3.63, 3.8) is 0 Å². The number of aryl methyl sites for hydroxylation is 1. The van der Waals surface area contributed by atoms with E-state index in [1.807, 2.05) is 19.1 Å². The van der Waals surface area contributed by atoms with Crippen molar-refractivity contribution in [2.45, 2.75) is 38.7 Å². The van der Waals surface area contributed by atoms with Crippen molar-refractivity contribution < 1.29 is 9.84 Å². The van der Waals surface area contributed by atoms with E-state index in [2.05, 4.69) is 12.6 Å². The van der Waals surface area contributed by atoms with Crippen molar-refractivity contribution in [2.75, 3.05) is 6.61 Å². The summed E-state index contributed by atoms with van der Waals surface area (Å²) in [4.78, 5) is 0. The molecule has 0 aromatic heterocycles. The molecule has 0 amide bonds. The second-order valence-electron chi connectivity index (χ2n) is 4.82. The minimum Gasteiger partial charge on any atom is -0.493 e. The van der Waals surface area contributed by atoms with Crippen LogP contribution in [0.25, 0.3) is 0 Å². The molecule has 1 aliphatic rings. The zero-order valence-corrected chi connectivity index (χ0v) is 10.4. The number of aliphatic hydroxyl groups excluding tert-OH is 1. The quantitative estimate of drug-likeness (QED) is 0.806. The zero-order chi connectivity index (χ0) is 12.3. The van der Waals surface area contributed by atoms with Gasteiger partial charge in [0.15, 0.2) is 0 Å². The molecule has 0 bridgehead atoms. The Morgan fingerprint density at radius 1 is 1.53 bits per heavy atom. The fraction of sp³-hybridized carbons (Fsp3) is 0.467. The first-order valence-electron chi connectivity index (χ1n) is 6.25. The van der Waals surface area contributed by atoms with Gasteiger partial charge in [-0.15, -0.1) is 6.58 Å². The van der Waals surface area contributed by atoms with Crippen LogP contribution in [-0.4, -0.2) is 11.7 Å². The molecule has 0 saturated carbocycles. The number of benzene rings is 1. The first kappa shape index (κ1) is 12.2. The van der Waals surface area contributed by atoms with Gasteiger partial charge in [0, 0.05) is 6.42 Å². The average molecular weight is 232 g/mol. The Balaban J connectivity index is 2.04. The summed E-state index contributed by atoms with van der Waals surface area (Å²) in [6.07, 6.45) is 3.56. The van der Waals surface area contributed by atoms with E-state index in [-0.39, 0.29) is 6.10 Å². The summed E-state index contributed by atoms with van der Waals surface area (Å²) in [6, 6.07) is 6.06. The molecule has 1 aromatic rings. The lowest BCUT2D eigenvalue weighted by Gasteiger charge is -2.22. The van der Waals surface area contributed by atoms with Gasteiger partial charge in [-0.3, -0.25) is 0 Å². The van der Waals surface area contributed by atoms with Gasteiger partial charge < -0.3 is 9.84 Å². The van der Waals surface area contributed by atoms with Crippen LogP contribution in [0.1, 0.15) is 43.4 Å². The third-order valence-electron chi connectivity index (χ3n) is 3.20. The average Bonchev–Trinajstić information content (AvgIpc) is 2.30. The molecule has 1 unspecified atom stereocenters. The first-order valence-corrected chi connectivity index (χ1v) is 6.25. The summed E-state index contributed by atoms with van der Waals surface area (Å²) in [5.74, 6) is 0.853. The number of hydrogen-bond acceptors (Lipinski definition) is 2. The number of hydrogen-bond donors (Lipinski definition) is 1. The zero-order valence-electron chi connectivity index (χ0n) is 10.4. The van der Waals surface area contributed by atoms with Crippen molar-refractivity contribution in [3.8, 4) is 5.75 Å². The molecule has 1 aliphatic carbocycles. The van der Waals surface area contributed by atoms with Crippen molar-refractivity contribution >= 4 is 0 Å². The Morgan fingerprint density at radius 3 is 3.12 bits per heavy atom. The molecule has 92 valence electrons. The topological polar surface area (TPSA) is 29.5 Å². The van der Waals surface area contributed by atoms with Crippen LogP contribution in [-0.2, 0) is 6.42 Å². The van der Waals surface area contributed by atoms with Gasteiger partial charge in [-0.2, -0.15) is 0 Å². The molecule has 0 saturated heterocycles. The molecule has 2 rings (SSSR count). The van der Waals surface area contributed by atoms with E-state index < -0.39 is 0 Å². The second kappa shape index (κ2) is 5.37. The lowest BCUT2D eigenvalue weighted by Crippen LogP contribution is -2.09. The summed E-state index contributed by atoms with van der Waals surface area (Å²) in [6.45, 7) is 6.51. The van der Waals surface area contributed by atoms with Crippen LogP contribution < -0.4 is 4.74 Å². The maximum absolute atomic E-state index is 9.93. The molecule has 1 atom stereocenters. The molecule has 17 heavy (non-hydrogen) atoms. The van der Waals surface area contributed by atoms with Crippen LogP contribution in [0.4, 0.5) is 0 Å². The van der Waals surface area contributed by atoms with Crippen LogP contribution in [0, 0.1) is 0 Å². The Kier molecular flexibility index (Phi) is 3.85. The van der Waals surface area contributed by atoms with Crippen LogP contribution in [0.3, 0.4) is 0 Å². The molecule has 0 radical (unpaired) electrons. The molecule has 2 heteroatoms. The summed E-state index contributed by atoms with van der Waals surface area (Å²) >= 11 is 0. The smallest absolute Gasteiger partial charge is 0.119 e. The lowest BCUT2D eigenvalue weighted by molar-refractivity contribution is 0.156. The summed E-state index contributed by atoms with van der Waals surface area (Å²) < 4.78 is 5.66. The Labute approximate surface area is 103 Å². The van der Waals surface area contributed by atoms with Crippen LogP contribution in [0.2, 0.25) is 0 Å². The molecule has 0 spiro atoms. The predicted octanol–water partition coefficient (Wildman–Crippen LogP) is 3.40. The highest BCUT2D eigenvalue weighted by atomic mass is 16.5. The van der Waals surface area contributed by atoms with Gasteiger partial charge in [0.2, 0.25) is 0 Å². The Bertz CT molecular complexity index is 409. The predicted molar refractivity (Wildman–Crippen MR) is 69.3 cm³/mol. The molecular formula is C15H20O2. The van der Waals surface area contributed by atoms with Gasteiger partial charge in [0.1, 0.15) is 5.75 Å². The van der Waals surface area contributed by atoms with E-state index in [4.69, 9.17) is 4.74 Å². The SMILES string of the molecule is C=C(C)CCOc1ccc2c(c1)C(O)CCC2. The first-order chi connectivity index (χ1) is 8.16. The number of fused-ring (bicyclic) bond motifs is 1. The van der Waals surface area contributed by atoms with Gasteiger partial charge in [-0.25, -0.2) is 0 Å². The largest absolute Gasteiger partial charge is 0.493 e. The number of ether oxygens (including phenoxy) is 1. The molecule has 0 fully saturated rings. The fourth-order valence-corrected chi connectivity index (χ4v) is 2.19. The van der Waals surface area contributed by atoms with Crippen LogP contribution >= 0.6 is 0 Å². The third-order valence-corrected chi connectivity index (χ3v) is 3.20. The molecule has 1 N–H and O–H groups in total. The molecule has 1 aromatic carbocycles. The van der Waals surface area contributed by atoms with Crippen LogP contribution in [0.5, 0.6) is 5.75 Å². The van der Waals surface area contributed by atoms with Gasteiger partial charge in [0.05, 0.1) is 12.7 Å². The Morgan fingerprint density at radius 2 is 2.35 bits per heavy atom. The van der Waals surface area contributed by atoms with E-state index in [9.17, 15) is 5.11 Å². The van der Waals surface area contributed by atoms with E-state index in [1.54, 1.807) is 0 Å². The fourth-order valence-electron chi connectivity index (χ4n) is 2.19. The van der Waals surface area contributed by atoms with Crippen LogP contribution in [0.15, 0.2) is 30.4 Å². The highest BCUT2D eigenvalue weighted by molar-refractivity contribution is 5.38. The minimum absolute atomic E-state index is 0.316. The highest BCUT2D eigenvalue weighted by Gasteiger charge is 2.18. The normalized spacial score (nSPS) is 18.6. The lowest BCUT2D eigenvalue weighted by atomic mass is 9.89. The van der Waals surface area contributed by atoms with Crippen molar-refractivity contribution in [1.82, 2.24) is 0 Å². The summed E-state index contributed by atoms with van der Waals surface area (Å²) in [7, 11) is 0. The molecule has 0 aliphatic heterocycles.